The molecule has 0 aliphatic rings. The van der Waals surface area contributed by atoms with Crippen LogP contribution in [0.3, 0.4) is 0 Å². The highest BCUT2D eigenvalue weighted by molar-refractivity contribution is 5.76. The van der Waals surface area contributed by atoms with Crippen molar-refractivity contribution in [3.8, 4) is 0 Å². The molecule has 0 aromatic heterocycles. The Kier molecular flexibility index (Phi) is 47.6. The van der Waals surface area contributed by atoms with Crippen LogP contribution in [0.1, 0.15) is 277 Å². The molecular formula is C53H101NO5. The van der Waals surface area contributed by atoms with E-state index in [0.717, 1.165) is 57.8 Å². The van der Waals surface area contributed by atoms with Crippen molar-refractivity contribution in [1.82, 2.24) is 5.32 Å². The van der Waals surface area contributed by atoms with Crippen molar-refractivity contribution >= 4 is 11.9 Å². The molecule has 0 aromatic rings. The van der Waals surface area contributed by atoms with Crippen LogP contribution < -0.4 is 5.32 Å². The molecule has 0 bridgehead atoms. The van der Waals surface area contributed by atoms with Crippen LogP contribution in [-0.4, -0.2) is 47.4 Å². The van der Waals surface area contributed by atoms with Crippen LogP contribution in [0.15, 0.2) is 24.3 Å². The third-order valence-electron chi connectivity index (χ3n) is 12.0. The number of allylic oxidation sites excluding steroid dienone is 4. The number of carbonyl (C=O) groups is 2. The van der Waals surface area contributed by atoms with E-state index < -0.39 is 12.1 Å². The van der Waals surface area contributed by atoms with Gasteiger partial charge in [0.2, 0.25) is 5.91 Å². The molecule has 0 aliphatic carbocycles. The molecule has 0 saturated heterocycles. The highest BCUT2D eigenvalue weighted by atomic mass is 16.5. The molecule has 0 rings (SSSR count). The van der Waals surface area contributed by atoms with E-state index in [4.69, 9.17) is 4.74 Å². The first-order valence-corrected chi connectivity index (χ1v) is 26.1. The first-order valence-electron chi connectivity index (χ1n) is 26.1. The molecule has 0 radical (unpaired) electrons. The number of hydrogen-bond acceptors (Lipinski definition) is 5. The largest absolute Gasteiger partial charge is 0.466 e. The maximum Gasteiger partial charge on any atom is 0.305 e. The van der Waals surface area contributed by atoms with E-state index in [0.29, 0.717) is 25.9 Å². The molecule has 0 aliphatic heterocycles. The number of aliphatic hydroxyl groups is 2. The topological polar surface area (TPSA) is 95.9 Å². The molecular weight excluding hydrogens is 731 g/mol. The molecule has 6 heteroatoms. The average molecular weight is 832 g/mol. The minimum atomic E-state index is -0.668. The molecule has 0 spiro atoms. The third-order valence-corrected chi connectivity index (χ3v) is 12.0. The molecule has 0 saturated carbocycles. The second-order valence-electron chi connectivity index (χ2n) is 17.9. The zero-order chi connectivity index (χ0) is 43.0. The Morgan fingerprint density at radius 1 is 0.475 bits per heavy atom. The molecule has 1 amide bonds. The van der Waals surface area contributed by atoms with Gasteiger partial charge in [-0.2, -0.15) is 0 Å². The van der Waals surface area contributed by atoms with Crippen LogP contribution in [-0.2, 0) is 14.3 Å². The monoisotopic (exact) mass is 832 g/mol. The van der Waals surface area contributed by atoms with E-state index in [1.165, 1.54) is 186 Å². The third kappa shape index (κ3) is 45.7. The van der Waals surface area contributed by atoms with Crippen molar-refractivity contribution in [3.05, 3.63) is 24.3 Å². The average Bonchev–Trinajstić information content (AvgIpc) is 3.24. The van der Waals surface area contributed by atoms with Gasteiger partial charge in [-0.25, -0.2) is 0 Å². The predicted molar refractivity (Wildman–Crippen MR) is 255 cm³/mol. The van der Waals surface area contributed by atoms with Gasteiger partial charge in [0.25, 0.3) is 0 Å². The lowest BCUT2D eigenvalue weighted by molar-refractivity contribution is -0.143. The van der Waals surface area contributed by atoms with E-state index in [1.54, 1.807) is 0 Å². The van der Waals surface area contributed by atoms with Gasteiger partial charge in [0.05, 0.1) is 25.4 Å². The van der Waals surface area contributed by atoms with Gasteiger partial charge in [0.15, 0.2) is 0 Å². The second kappa shape index (κ2) is 49.0. The van der Waals surface area contributed by atoms with Crippen molar-refractivity contribution < 1.29 is 24.5 Å². The van der Waals surface area contributed by atoms with Gasteiger partial charge in [0.1, 0.15) is 0 Å². The summed E-state index contributed by atoms with van der Waals surface area (Å²) in [5.74, 6) is -0.0545. The van der Waals surface area contributed by atoms with Gasteiger partial charge in [-0.15, -0.1) is 0 Å². The molecule has 0 aromatic carbocycles. The molecule has 2 atom stereocenters. The Hall–Kier alpha value is -1.66. The minimum absolute atomic E-state index is 0.0117. The maximum absolute atomic E-state index is 12.4. The first kappa shape index (κ1) is 57.3. The first-order chi connectivity index (χ1) is 29.0. The standard InChI is InChI=1S/C53H101NO5/c1-3-5-7-9-11-13-15-17-23-27-31-35-39-43-47-53(58)59-48-44-40-36-32-28-24-21-19-18-20-22-26-30-34-38-42-46-52(57)54-50(49-55)51(56)45-41-37-33-29-25-16-14-12-10-8-6-4-2/h9,11,15,17,50-51,55-56H,3-8,10,12-14,16,18-49H2,1-2H3,(H,54,57)/b11-9-,17-15-. The van der Waals surface area contributed by atoms with E-state index in [1.807, 2.05) is 0 Å². The summed E-state index contributed by atoms with van der Waals surface area (Å²) >= 11 is 0. The smallest absolute Gasteiger partial charge is 0.305 e. The van der Waals surface area contributed by atoms with Crippen LogP contribution in [0.5, 0.6) is 0 Å². The Labute approximate surface area is 367 Å². The number of carbonyl (C=O) groups excluding carboxylic acids is 2. The van der Waals surface area contributed by atoms with Gasteiger partial charge in [-0.05, 0) is 51.4 Å². The molecule has 0 heterocycles. The number of ether oxygens (including phenoxy) is 1. The maximum atomic E-state index is 12.4. The minimum Gasteiger partial charge on any atom is -0.466 e. The lowest BCUT2D eigenvalue weighted by Crippen LogP contribution is -2.45. The number of esters is 1. The Bertz CT molecular complexity index is 920. The van der Waals surface area contributed by atoms with Crippen molar-refractivity contribution in [2.45, 2.75) is 289 Å². The number of hydrogen-bond donors (Lipinski definition) is 3. The number of rotatable bonds is 48. The molecule has 2 unspecified atom stereocenters. The summed E-state index contributed by atoms with van der Waals surface area (Å²) in [6.07, 6.45) is 57.2. The van der Waals surface area contributed by atoms with Crippen molar-refractivity contribution in [1.29, 1.82) is 0 Å². The Morgan fingerprint density at radius 3 is 1.34 bits per heavy atom. The summed E-state index contributed by atoms with van der Waals surface area (Å²) in [4.78, 5) is 24.4. The number of nitrogens with one attached hydrogen (secondary N) is 1. The quantitative estimate of drug-likeness (QED) is 0.0322. The highest BCUT2D eigenvalue weighted by Crippen LogP contribution is 2.16. The fourth-order valence-corrected chi connectivity index (χ4v) is 7.95. The summed E-state index contributed by atoms with van der Waals surface area (Å²) in [6, 6.07) is -0.545. The molecule has 348 valence electrons. The van der Waals surface area contributed by atoms with Gasteiger partial charge in [-0.1, -0.05) is 237 Å². The zero-order valence-corrected chi connectivity index (χ0v) is 39.5. The normalized spacial score (nSPS) is 12.8. The zero-order valence-electron chi connectivity index (χ0n) is 39.5. The van der Waals surface area contributed by atoms with Crippen LogP contribution in [0, 0.1) is 0 Å². The fourth-order valence-electron chi connectivity index (χ4n) is 7.95. The van der Waals surface area contributed by atoms with Crippen molar-refractivity contribution in [3.63, 3.8) is 0 Å². The molecule has 3 N–H and O–H groups in total. The summed E-state index contributed by atoms with van der Waals surface area (Å²) in [5, 5.41) is 23.2. The molecule has 6 nitrogen and oxygen atoms in total. The molecule has 0 fully saturated rings. The van der Waals surface area contributed by atoms with Gasteiger partial charge in [-0.3, -0.25) is 9.59 Å². The van der Waals surface area contributed by atoms with Gasteiger partial charge < -0.3 is 20.3 Å². The predicted octanol–water partition coefficient (Wildman–Crippen LogP) is 15.5. The van der Waals surface area contributed by atoms with Crippen LogP contribution in [0.25, 0.3) is 0 Å². The second-order valence-corrected chi connectivity index (χ2v) is 17.9. The summed E-state index contributed by atoms with van der Waals surface area (Å²) < 4.78 is 5.46. The highest BCUT2D eigenvalue weighted by Gasteiger charge is 2.20. The lowest BCUT2D eigenvalue weighted by Gasteiger charge is -2.22. The summed E-state index contributed by atoms with van der Waals surface area (Å²) in [6.45, 7) is 4.89. The fraction of sp³-hybridized carbons (Fsp3) is 0.887. The van der Waals surface area contributed by atoms with Crippen LogP contribution in [0.2, 0.25) is 0 Å². The van der Waals surface area contributed by atoms with Crippen LogP contribution in [0.4, 0.5) is 0 Å². The summed E-state index contributed by atoms with van der Waals surface area (Å²) in [5.41, 5.74) is 0. The van der Waals surface area contributed by atoms with E-state index in [-0.39, 0.29) is 18.5 Å². The number of aliphatic hydroxyl groups excluding tert-OH is 2. The van der Waals surface area contributed by atoms with Crippen LogP contribution >= 0.6 is 0 Å². The SMILES string of the molecule is CCCC/C=C\C/C=C\CCCCCCCC(=O)OCCCCCCCCCCCCCCCCCCC(=O)NC(CO)C(O)CCCCCCCCCCCCCC. The summed E-state index contributed by atoms with van der Waals surface area (Å²) in [7, 11) is 0. The van der Waals surface area contributed by atoms with Crippen molar-refractivity contribution in [2.24, 2.45) is 0 Å². The van der Waals surface area contributed by atoms with E-state index >= 15 is 0 Å². The molecule has 59 heavy (non-hydrogen) atoms. The Morgan fingerprint density at radius 2 is 0.864 bits per heavy atom. The van der Waals surface area contributed by atoms with E-state index in [2.05, 4.69) is 43.5 Å². The van der Waals surface area contributed by atoms with E-state index in [9.17, 15) is 19.8 Å². The number of amides is 1. The lowest BCUT2D eigenvalue weighted by atomic mass is 10.0. The van der Waals surface area contributed by atoms with Gasteiger partial charge >= 0.3 is 5.97 Å². The van der Waals surface area contributed by atoms with Crippen molar-refractivity contribution in [2.75, 3.05) is 13.2 Å². The van der Waals surface area contributed by atoms with Gasteiger partial charge in [0, 0.05) is 12.8 Å². The number of unbranched alkanes of at least 4 members (excludes halogenated alkanes) is 33. The Balaban J connectivity index is 3.42.